The summed E-state index contributed by atoms with van der Waals surface area (Å²) in [6.45, 7) is 1.74. The Morgan fingerprint density at radius 1 is 1.18 bits per heavy atom. The number of benzene rings is 1. The van der Waals surface area contributed by atoms with Gasteiger partial charge in [0.2, 0.25) is 0 Å². The highest BCUT2D eigenvalue weighted by atomic mass is 19.2. The molecule has 0 spiro atoms. The lowest BCUT2D eigenvalue weighted by Gasteiger charge is -2.15. The molecule has 1 aromatic heterocycles. The summed E-state index contributed by atoms with van der Waals surface area (Å²) >= 11 is 0. The third-order valence-corrected chi connectivity index (χ3v) is 2.39. The van der Waals surface area contributed by atoms with E-state index in [1.165, 1.54) is 12.4 Å². The predicted molar refractivity (Wildman–Crippen MR) is 60.4 cm³/mol. The molecule has 0 bridgehead atoms. The van der Waals surface area contributed by atoms with Gasteiger partial charge in [-0.2, -0.15) is 0 Å². The first-order valence-corrected chi connectivity index (χ1v) is 5.14. The molecule has 0 amide bonds. The summed E-state index contributed by atoms with van der Waals surface area (Å²) in [6.07, 6.45) is 4.54. The second-order valence-electron chi connectivity index (χ2n) is 3.64. The summed E-state index contributed by atoms with van der Waals surface area (Å²) in [6, 6.07) is 3.75. The number of nitrogens with zero attached hydrogens (tertiary/aromatic N) is 2. The van der Waals surface area contributed by atoms with Gasteiger partial charge in [0.25, 0.3) is 0 Å². The highest BCUT2D eigenvalue weighted by molar-refractivity contribution is 5.41. The summed E-state index contributed by atoms with van der Waals surface area (Å²) < 4.78 is 26.6. The van der Waals surface area contributed by atoms with Crippen molar-refractivity contribution in [1.29, 1.82) is 0 Å². The molecule has 0 aliphatic carbocycles. The van der Waals surface area contributed by atoms with E-state index < -0.39 is 11.6 Å². The highest BCUT2D eigenvalue weighted by Gasteiger charge is 2.13. The lowest BCUT2D eigenvalue weighted by Crippen LogP contribution is -2.09. The van der Waals surface area contributed by atoms with Gasteiger partial charge in [-0.15, -0.1) is 0 Å². The van der Waals surface area contributed by atoms with Crippen LogP contribution in [0.3, 0.4) is 0 Å². The van der Waals surface area contributed by atoms with E-state index in [4.69, 9.17) is 0 Å². The molecule has 1 heterocycles. The monoisotopic (exact) mass is 235 g/mol. The third-order valence-electron chi connectivity index (χ3n) is 2.39. The topological polar surface area (TPSA) is 37.8 Å². The summed E-state index contributed by atoms with van der Waals surface area (Å²) in [4.78, 5) is 7.66. The summed E-state index contributed by atoms with van der Waals surface area (Å²) in [5.41, 5.74) is 0.928. The molecule has 5 heteroatoms. The number of nitrogens with one attached hydrogen (secondary N) is 1. The highest BCUT2D eigenvalue weighted by Crippen LogP contribution is 2.22. The van der Waals surface area contributed by atoms with Crippen molar-refractivity contribution in [2.45, 2.75) is 13.0 Å². The molecule has 0 radical (unpaired) electrons. The van der Waals surface area contributed by atoms with E-state index in [0.29, 0.717) is 5.69 Å². The lowest BCUT2D eigenvalue weighted by molar-refractivity contribution is 0.494. The fourth-order valence-corrected chi connectivity index (χ4v) is 1.56. The standard InChI is InChI=1S/C12H11F2N3/c1-8(17-9-5-15-7-16-6-9)10-3-2-4-11(13)12(10)14/h2-8,17H,1H3. The maximum absolute atomic E-state index is 13.5. The van der Waals surface area contributed by atoms with Crippen LogP contribution in [0.25, 0.3) is 0 Å². The first-order chi connectivity index (χ1) is 8.18. The smallest absolute Gasteiger partial charge is 0.164 e. The second kappa shape index (κ2) is 4.86. The van der Waals surface area contributed by atoms with E-state index in [-0.39, 0.29) is 11.6 Å². The van der Waals surface area contributed by atoms with E-state index >= 15 is 0 Å². The van der Waals surface area contributed by atoms with Crippen LogP contribution in [0.1, 0.15) is 18.5 Å². The number of halogens is 2. The van der Waals surface area contributed by atoms with Crippen LogP contribution in [-0.4, -0.2) is 9.97 Å². The largest absolute Gasteiger partial charge is 0.376 e. The first kappa shape index (κ1) is 11.4. The van der Waals surface area contributed by atoms with E-state index in [9.17, 15) is 8.78 Å². The minimum absolute atomic E-state index is 0.272. The Bertz CT molecular complexity index is 502. The van der Waals surface area contributed by atoms with Crippen molar-refractivity contribution >= 4 is 5.69 Å². The van der Waals surface area contributed by atoms with Crippen molar-refractivity contribution in [2.75, 3.05) is 5.32 Å². The Balaban J connectivity index is 2.20. The molecule has 1 N–H and O–H groups in total. The quantitative estimate of drug-likeness (QED) is 0.888. The van der Waals surface area contributed by atoms with Gasteiger partial charge in [0.15, 0.2) is 11.6 Å². The van der Waals surface area contributed by atoms with Crippen LogP contribution in [0.15, 0.2) is 36.9 Å². The molecule has 2 rings (SSSR count). The molecule has 1 unspecified atom stereocenters. The van der Waals surface area contributed by atoms with Crippen LogP contribution >= 0.6 is 0 Å². The van der Waals surface area contributed by atoms with E-state index in [0.717, 1.165) is 6.07 Å². The van der Waals surface area contributed by atoms with Gasteiger partial charge < -0.3 is 5.32 Å². The van der Waals surface area contributed by atoms with Crippen LogP contribution in [0, 0.1) is 11.6 Å². The Hall–Kier alpha value is -2.04. The van der Waals surface area contributed by atoms with E-state index in [2.05, 4.69) is 15.3 Å². The van der Waals surface area contributed by atoms with Gasteiger partial charge in [-0.25, -0.2) is 18.7 Å². The van der Waals surface area contributed by atoms with Gasteiger partial charge in [0.05, 0.1) is 24.1 Å². The Kier molecular flexibility index (Phi) is 3.27. The predicted octanol–water partition coefficient (Wildman–Crippen LogP) is 2.93. The van der Waals surface area contributed by atoms with Gasteiger partial charge in [-0.3, -0.25) is 0 Å². The number of hydrogen-bond donors (Lipinski definition) is 1. The number of anilines is 1. The summed E-state index contributed by atoms with van der Waals surface area (Å²) in [5.74, 6) is -1.68. The zero-order valence-electron chi connectivity index (χ0n) is 9.19. The molecule has 0 aliphatic rings. The zero-order chi connectivity index (χ0) is 12.3. The van der Waals surface area contributed by atoms with Crippen molar-refractivity contribution in [3.05, 3.63) is 54.1 Å². The van der Waals surface area contributed by atoms with Crippen LogP contribution in [0.2, 0.25) is 0 Å². The molecule has 1 atom stereocenters. The van der Waals surface area contributed by atoms with E-state index in [1.54, 1.807) is 25.4 Å². The molecule has 17 heavy (non-hydrogen) atoms. The molecular formula is C12H11F2N3. The molecule has 3 nitrogen and oxygen atoms in total. The molecule has 0 saturated carbocycles. The maximum Gasteiger partial charge on any atom is 0.164 e. The number of aromatic nitrogens is 2. The summed E-state index contributed by atoms with van der Waals surface area (Å²) in [5, 5.41) is 2.99. The molecular weight excluding hydrogens is 224 g/mol. The third kappa shape index (κ3) is 2.55. The average molecular weight is 235 g/mol. The molecule has 88 valence electrons. The van der Waals surface area contributed by atoms with E-state index in [1.807, 2.05) is 0 Å². The Morgan fingerprint density at radius 3 is 2.59 bits per heavy atom. The Labute approximate surface area is 97.5 Å². The summed E-state index contributed by atoms with van der Waals surface area (Å²) in [7, 11) is 0. The maximum atomic E-state index is 13.5. The van der Waals surface area contributed by atoms with Gasteiger partial charge in [0.1, 0.15) is 6.33 Å². The average Bonchev–Trinajstić information content (AvgIpc) is 2.34. The van der Waals surface area contributed by atoms with Crippen LogP contribution in [0.4, 0.5) is 14.5 Å². The molecule has 0 aliphatic heterocycles. The number of rotatable bonds is 3. The SMILES string of the molecule is CC(Nc1cncnc1)c1cccc(F)c1F. The van der Waals surface area contributed by atoms with Gasteiger partial charge >= 0.3 is 0 Å². The van der Waals surface area contributed by atoms with Crippen molar-refractivity contribution < 1.29 is 8.78 Å². The second-order valence-corrected chi connectivity index (χ2v) is 3.64. The van der Waals surface area contributed by atoms with Crippen molar-refractivity contribution in [3.8, 4) is 0 Å². The van der Waals surface area contributed by atoms with Crippen LogP contribution < -0.4 is 5.32 Å². The Morgan fingerprint density at radius 2 is 1.88 bits per heavy atom. The zero-order valence-corrected chi connectivity index (χ0v) is 9.19. The normalized spacial score (nSPS) is 12.2. The molecule has 1 aromatic carbocycles. The lowest BCUT2D eigenvalue weighted by atomic mass is 10.1. The van der Waals surface area contributed by atoms with Crippen LogP contribution in [0.5, 0.6) is 0 Å². The minimum Gasteiger partial charge on any atom is -0.376 e. The fraction of sp³-hybridized carbons (Fsp3) is 0.167. The fourth-order valence-electron chi connectivity index (χ4n) is 1.56. The van der Waals surface area contributed by atoms with Crippen molar-refractivity contribution in [2.24, 2.45) is 0 Å². The van der Waals surface area contributed by atoms with Gasteiger partial charge in [0, 0.05) is 5.56 Å². The van der Waals surface area contributed by atoms with Gasteiger partial charge in [-0.1, -0.05) is 12.1 Å². The molecule has 0 saturated heterocycles. The van der Waals surface area contributed by atoms with Crippen molar-refractivity contribution in [3.63, 3.8) is 0 Å². The number of hydrogen-bond acceptors (Lipinski definition) is 3. The first-order valence-electron chi connectivity index (χ1n) is 5.14. The molecule has 2 aromatic rings. The van der Waals surface area contributed by atoms with Crippen LogP contribution in [-0.2, 0) is 0 Å². The van der Waals surface area contributed by atoms with Crippen molar-refractivity contribution in [1.82, 2.24) is 9.97 Å². The minimum atomic E-state index is -0.847. The molecule has 0 fully saturated rings. The van der Waals surface area contributed by atoms with Gasteiger partial charge in [-0.05, 0) is 13.0 Å².